The predicted octanol–water partition coefficient (Wildman–Crippen LogP) is 3.02. The van der Waals surface area contributed by atoms with Crippen molar-refractivity contribution in [3.8, 4) is 0 Å². The average molecular weight is 204 g/mol. The van der Waals surface area contributed by atoms with E-state index in [1.165, 1.54) is 31.4 Å². The van der Waals surface area contributed by atoms with Crippen molar-refractivity contribution in [2.75, 3.05) is 6.54 Å². The first-order chi connectivity index (χ1) is 7.29. The summed E-state index contributed by atoms with van der Waals surface area (Å²) >= 11 is 0. The third-order valence-electron chi connectivity index (χ3n) is 3.30. The molecule has 0 spiro atoms. The number of nitrogens with zero attached hydrogens (tertiary/aromatic N) is 2. The number of likely N-dealkylation sites (tertiary alicyclic amines) is 1. The first-order valence-electron chi connectivity index (χ1n) is 5.94. The lowest BCUT2D eigenvalue weighted by Crippen LogP contribution is -2.38. The Morgan fingerprint density at radius 3 is 2.67 bits per heavy atom. The minimum atomic E-state index is 0.613. The van der Waals surface area contributed by atoms with Crippen LogP contribution in [0.15, 0.2) is 24.5 Å². The molecule has 0 saturated carbocycles. The van der Waals surface area contributed by atoms with E-state index in [0.717, 1.165) is 0 Å². The summed E-state index contributed by atoms with van der Waals surface area (Å²) in [5.74, 6) is 0. The summed E-state index contributed by atoms with van der Waals surface area (Å²) in [6.07, 6.45) is 7.81. The molecule has 2 rings (SSSR count). The molecule has 1 atom stereocenters. The lowest BCUT2D eigenvalue weighted by atomic mass is 9.95. The molecular weight excluding hydrogens is 184 g/mol. The second-order valence-corrected chi connectivity index (χ2v) is 4.62. The molecule has 0 amide bonds. The van der Waals surface area contributed by atoms with Crippen molar-refractivity contribution < 1.29 is 0 Å². The highest BCUT2D eigenvalue weighted by Gasteiger charge is 2.25. The minimum absolute atomic E-state index is 0.613. The monoisotopic (exact) mass is 204 g/mol. The summed E-state index contributed by atoms with van der Waals surface area (Å²) in [5, 5.41) is 0. The van der Waals surface area contributed by atoms with Gasteiger partial charge >= 0.3 is 0 Å². The van der Waals surface area contributed by atoms with Gasteiger partial charge in [0.05, 0.1) is 0 Å². The number of rotatable bonds is 2. The Kier molecular flexibility index (Phi) is 3.37. The number of aromatic nitrogens is 1. The van der Waals surface area contributed by atoms with Gasteiger partial charge in [-0.2, -0.15) is 0 Å². The van der Waals surface area contributed by atoms with E-state index in [2.05, 4.69) is 35.9 Å². The van der Waals surface area contributed by atoms with E-state index in [4.69, 9.17) is 0 Å². The molecule has 2 nitrogen and oxygen atoms in total. The fraction of sp³-hybridized carbons (Fsp3) is 0.615. The molecule has 1 saturated heterocycles. The Morgan fingerprint density at radius 2 is 2.00 bits per heavy atom. The van der Waals surface area contributed by atoms with E-state index in [0.29, 0.717) is 12.1 Å². The molecule has 0 radical (unpaired) electrons. The van der Waals surface area contributed by atoms with E-state index in [1.807, 2.05) is 12.4 Å². The molecule has 0 aromatic carbocycles. The van der Waals surface area contributed by atoms with Gasteiger partial charge in [-0.1, -0.05) is 6.42 Å². The zero-order valence-corrected chi connectivity index (χ0v) is 9.69. The van der Waals surface area contributed by atoms with Crippen LogP contribution >= 0.6 is 0 Å². The van der Waals surface area contributed by atoms with Gasteiger partial charge in [0, 0.05) is 24.5 Å². The van der Waals surface area contributed by atoms with Crippen LogP contribution in [0, 0.1) is 0 Å². The fourth-order valence-corrected chi connectivity index (χ4v) is 2.52. The Labute approximate surface area is 92.3 Å². The molecule has 0 bridgehead atoms. The molecular formula is C13H20N2. The molecule has 1 aromatic heterocycles. The third kappa shape index (κ3) is 2.37. The van der Waals surface area contributed by atoms with E-state index in [9.17, 15) is 0 Å². The van der Waals surface area contributed by atoms with Crippen LogP contribution in [0.5, 0.6) is 0 Å². The SMILES string of the molecule is CC(C)N1CCCC[C@H]1c1ccncc1. The van der Waals surface area contributed by atoms with Crippen molar-refractivity contribution in [2.24, 2.45) is 0 Å². The maximum Gasteiger partial charge on any atom is 0.0351 e. The number of hydrogen-bond acceptors (Lipinski definition) is 2. The van der Waals surface area contributed by atoms with Crippen LogP contribution in [0.25, 0.3) is 0 Å². The first kappa shape index (κ1) is 10.6. The lowest BCUT2D eigenvalue weighted by Gasteiger charge is -2.38. The quantitative estimate of drug-likeness (QED) is 0.736. The van der Waals surface area contributed by atoms with Crippen molar-refractivity contribution in [1.29, 1.82) is 0 Å². The maximum absolute atomic E-state index is 4.09. The summed E-state index contributed by atoms with van der Waals surface area (Å²) in [5.41, 5.74) is 1.43. The second kappa shape index (κ2) is 4.75. The third-order valence-corrected chi connectivity index (χ3v) is 3.30. The molecule has 2 heteroatoms. The summed E-state index contributed by atoms with van der Waals surface area (Å²) in [4.78, 5) is 6.70. The van der Waals surface area contributed by atoms with E-state index < -0.39 is 0 Å². The Balaban J connectivity index is 2.18. The Hall–Kier alpha value is -0.890. The molecule has 0 aliphatic carbocycles. The van der Waals surface area contributed by atoms with Gasteiger partial charge in [-0.25, -0.2) is 0 Å². The molecule has 1 aromatic rings. The molecule has 1 aliphatic rings. The van der Waals surface area contributed by atoms with Crippen molar-refractivity contribution in [2.45, 2.75) is 45.2 Å². The standard InChI is InChI=1S/C13H20N2/c1-11(2)15-10-4-3-5-13(15)12-6-8-14-9-7-12/h6-9,11,13H,3-5,10H2,1-2H3/t13-/m0/s1. The van der Waals surface area contributed by atoms with Gasteiger partial charge in [0.2, 0.25) is 0 Å². The fourth-order valence-electron chi connectivity index (χ4n) is 2.52. The van der Waals surface area contributed by atoms with E-state index in [1.54, 1.807) is 0 Å². The van der Waals surface area contributed by atoms with Crippen LogP contribution in [0.3, 0.4) is 0 Å². The van der Waals surface area contributed by atoms with Crippen LogP contribution in [-0.4, -0.2) is 22.5 Å². The predicted molar refractivity (Wildman–Crippen MR) is 62.7 cm³/mol. The molecule has 0 unspecified atom stereocenters. The number of hydrogen-bond donors (Lipinski definition) is 0. The normalized spacial score (nSPS) is 23.3. The molecule has 2 heterocycles. The topological polar surface area (TPSA) is 16.1 Å². The maximum atomic E-state index is 4.09. The van der Waals surface area contributed by atoms with Gasteiger partial charge in [0.15, 0.2) is 0 Å². The van der Waals surface area contributed by atoms with E-state index >= 15 is 0 Å². The van der Waals surface area contributed by atoms with Gasteiger partial charge in [0.25, 0.3) is 0 Å². The number of piperidine rings is 1. The van der Waals surface area contributed by atoms with E-state index in [-0.39, 0.29) is 0 Å². The van der Waals surface area contributed by atoms with Crippen LogP contribution in [0.2, 0.25) is 0 Å². The summed E-state index contributed by atoms with van der Waals surface area (Å²) in [6.45, 7) is 5.82. The zero-order valence-electron chi connectivity index (χ0n) is 9.69. The highest BCUT2D eigenvalue weighted by atomic mass is 15.2. The number of pyridine rings is 1. The van der Waals surface area contributed by atoms with Gasteiger partial charge < -0.3 is 0 Å². The smallest absolute Gasteiger partial charge is 0.0351 e. The Bertz CT molecular complexity index is 295. The average Bonchev–Trinajstić information content (AvgIpc) is 2.30. The first-order valence-corrected chi connectivity index (χ1v) is 5.94. The molecule has 1 aliphatic heterocycles. The van der Waals surface area contributed by atoms with Crippen molar-refractivity contribution >= 4 is 0 Å². The molecule has 15 heavy (non-hydrogen) atoms. The van der Waals surface area contributed by atoms with Crippen LogP contribution in [-0.2, 0) is 0 Å². The van der Waals surface area contributed by atoms with Crippen molar-refractivity contribution in [3.63, 3.8) is 0 Å². The Morgan fingerprint density at radius 1 is 1.27 bits per heavy atom. The van der Waals surface area contributed by atoms with Crippen LogP contribution in [0.4, 0.5) is 0 Å². The zero-order chi connectivity index (χ0) is 10.7. The van der Waals surface area contributed by atoms with Gasteiger partial charge in [-0.15, -0.1) is 0 Å². The van der Waals surface area contributed by atoms with Gasteiger partial charge in [-0.3, -0.25) is 9.88 Å². The molecule has 82 valence electrons. The largest absolute Gasteiger partial charge is 0.294 e. The molecule has 0 N–H and O–H groups in total. The highest BCUT2D eigenvalue weighted by Crippen LogP contribution is 2.31. The lowest BCUT2D eigenvalue weighted by molar-refractivity contribution is 0.112. The van der Waals surface area contributed by atoms with Gasteiger partial charge in [0.1, 0.15) is 0 Å². The van der Waals surface area contributed by atoms with Gasteiger partial charge in [-0.05, 0) is 50.9 Å². The minimum Gasteiger partial charge on any atom is -0.294 e. The summed E-state index contributed by atoms with van der Waals surface area (Å²) < 4.78 is 0. The molecule has 1 fully saturated rings. The second-order valence-electron chi connectivity index (χ2n) is 4.62. The van der Waals surface area contributed by atoms with Crippen molar-refractivity contribution in [3.05, 3.63) is 30.1 Å². The van der Waals surface area contributed by atoms with Crippen LogP contribution < -0.4 is 0 Å². The highest BCUT2D eigenvalue weighted by molar-refractivity contribution is 5.16. The summed E-state index contributed by atoms with van der Waals surface area (Å²) in [6, 6.07) is 5.57. The summed E-state index contributed by atoms with van der Waals surface area (Å²) in [7, 11) is 0. The van der Waals surface area contributed by atoms with Crippen molar-refractivity contribution in [1.82, 2.24) is 9.88 Å². The van der Waals surface area contributed by atoms with Crippen LogP contribution in [0.1, 0.15) is 44.7 Å².